The predicted octanol–water partition coefficient (Wildman–Crippen LogP) is 6.36. The Bertz CT molecular complexity index is 1270. The van der Waals surface area contributed by atoms with Gasteiger partial charge in [-0.25, -0.2) is 4.98 Å². The van der Waals surface area contributed by atoms with Gasteiger partial charge in [-0.1, -0.05) is 44.9 Å². The molecule has 6 heteroatoms. The second kappa shape index (κ2) is 9.94. The van der Waals surface area contributed by atoms with Gasteiger partial charge >= 0.3 is 6.01 Å². The smallest absolute Gasteiger partial charge is 0.318 e. The number of aryl methyl sites for hydroxylation is 2. The molecule has 0 bridgehead atoms. The van der Waals surface area contributed by atoms with Crippen molar-refractivity contribution in [1.29, 1.82) is 0 Å². The summed E-state index contributed by atoms with van der Waals surface area (Å²) < 4.78 is 7.70. The SMILES string of the molecule is CCC(CC)C(O)c1cn(-c2ccnc(OC(C)C)n2)c2cnc(-c3c(C)cccc3C)cc12. The fourth-order valence-electron chi connectivity index (χ4n) is 4.65. The molecule has 0 fully saturated rings. The highest BCUT2D eigenvalue weighted by molar-refractivity contribution is 5.89. The van der Waals surface area contributed by atoms with E-state index in [0.717, 1.165) is 40.6 Å². The fraction of sp³-hybridized carbons (Fsp3) is 0.393. The molecule has 1 unspecified atom stereocenters. The maximum absolute atomic E-state index is 11.4. The predicted molar refractivity (Wildman–Crippen MR) is 136 cm³/mol. The number of aromatic nitrogens is 4. The van der Waals surface area contributed by atoms with E-state index in [1.165, 1.54) is 11.1 Å². The van der Waals surface area contributed by atoms with E-state index < -0.39 is 6.10 Å². The number of hydrogen-bond donors (Lipinski definition) is 1. The molecule has 0 aliphatic heterocycles. The lowest BCUT2D eigenvalue weighted by atomic mass is 9.91. The highest BCUT2D eigenvalue weighted by atomic mass is 16.5. The van der Waals surface area contributed by atoms with Crippen LogP contribution in [-0.2, 0) is 0 Å². The minimum absolute atomic E-state index is 0.0227. The third kappa shape index (κ3) is 4.55. The summed E-state index contributed by atoms with van der Waals surface area (Å²) in [6, 6.07) is 10.6. The summed E-state index contributed by atoms with van der Waals surface area (Å²) in [5.74, 6) is 0.848. The lowest BCUT2D eigenvalue weighted by molar-refractivity contribution is 0.104. The van der Waals surface area contributed by atoms with Gasteiger partial charge in [0.1, 0.15) is 5.82 Å². The maximum atomic E-state index is 11.4. The van der Waals surface area contributed by atoms with E-state index >= 15 is 0 Å². The third-order valence-corrected chi connectivity index (χ3v) is 6.48. The fourth-order valence-corrected chi connectivity index (χ4v) is 4.65. The van der Waals surface area contributed by atoms with Crippen LogP contribution in [0.3, 0.4) is 0 Å². The number of ether oxygens (including phenoxy) is 1. The normalized spacial score (nSPS) is 12.6. The van der Waals surface area contributed by atoms with Crippen LogP contribution < -0.4 is 4.74 Å². The first-order valence-electron chi connectivity index (χ1n) is 12.1. The van der Waals surface area contributed by atoms with Crippen molar-refractivity contribution in [1.82, 2.24) is 19.5 Å². The number of hydrogen-bond acceptors (Lipinski definition) is 5. The van der Waals surface area contributed by atoms with Gasteiger partial charge in [0.25, 0.3) is 0 Å². The Kier molecular flexibility index (Phi) is 6.98. The summed E-state index contributed by atoms with van der Waals surface area (Å²) in [6.07, 6.45) is 6.76. The molecule has 4 rings (SSSR count). The van der Waals surface area contributed by atoms with Crippen molar-refractivity contribution >= 4 is 10.9 Å². The number of nitrogens with zero attached hydrogens (tertiary/aromatic N) is 4. The quantitative estimate of drug-likeness (QED) is 0.333. The van der Waals surface area contributed by atoms with Crippen molar-refractivity contribution in [3.8, 4) is 23.1 Å². The molecular formula is C28H34N4O2. The van der Waals surface area contributed by atoms with Crippen LogP contribution in [0.25, 0.3) is 28.0 Å². The minimum Gasteiger partial charge on any atom is -0.461 e. The van der Waals surface area contributed by atoms with Crippen LogP contribution in [0.4, 0.5) is 0 Å². The Labute approximate surface area is 201 Å². The standard InChI is InChI=1S/C28H34N4O2/c1-7-20(8-2)27(33)22-16-32(25-12-13-29-28(31-25)34-17(3)4)24-15-30-23(14-21(22)24)26-18(5)10-9-11-19(26)6/h9-17,20,27,33H,7-8H2,1-6H3. The maximum Gasteiger partial charge on any atom is 0.318 e. The lowest BCUT2D eigenvalue weighted by Crippen LogP contribution is -2.11. The summed E-state index contributed by atoms with van der Waals surface area (Å²) >= 11 is 0. The van der Waals surface area contributed by atoms with Gasteiger partial charge in [-0.15, -0.1) is 0 Å². The van der Waals surface area contributed by atoms with Crippen molar-refractivity contribution in [2.75, 3.05) is 0 Å². The Morgan fingerprint density at radius 1 is 1.03 bits per heavy atom. The van der Waals surface area contributed by atoms with Crippen LogP contribution in [-0.4, -0.2) is 30.7 Å². The average molecular weight is 459 g/mol. The minimum atomic E-state index is -0.583. The Hall–Kier alpha value is -3.25. The van der Waals surface area contributed by atoms with Gasteiger partial charge in [0, 0.05) is 35.0 Å². The second-order valence-corrected chi connectivity index (χ2v) is 9.19. The van der Waals surface area contributed by atoms with Crippen LogP contribution in [0.5, 0.6) is 6.01 Å². The van der Waals surface area contributed by atoms with Gasteiger partial charge in [-0.3, -0.25) is 9.55 Å². The zero-order valence-corrected chi connectivity index (χ0v) is 20.9. The number of pyridine rings is 1. The van der Waals surface area contributed by atoms with Gasteiger partial charge in [-0.2, -0.15) is 4.98 Å². The molecule has 0 spiro atoms. The van der Waals surface area contributed by atoms with Gasteiger partial charge in [-0.05, 0) is 50.8 Å². The molecule has 3 heterocycles. The molecule has 0 aliphatic rings. The molecule has 6 nitrogen and oxygen atoms in total. The molecule has 1 aromatic carbocycles. The van der Waals surface area contributed by atoms with E-state index in [1.54, 1.807) is 6.20 Å². The summed E-state index contributed by atoms with van der Waals surface area (Å²) in [5, 5.41) is 12.4. The Balaban J connectivity index is 1.93. The second-order valence-electron chi connectivity index (χ2n) is 9.19. The van der Waals surface area contributed by atoms with Crippen LogP contribution in [0, 0.1) is 19.8 Å². The van der Waals surface area contributed by atoms with Gasteiger partial charge in [0.2, 0.25) is 0 Å². The van der Waals surface area contributed by atoms with E-state index in [1.807, 2.05) is 36.9 Å². The first kappa shape index (κ1) is 23.9. The number of rotatable bonds is 8. The van der Waals surface area contributed by atoms with E-state index in [4.69, 9.17) is 9.72 Å². The topological polar surface area (TPSA) is 73.1 Å². The van der Waals surface area contributed by atoms with Crippen molar-refractivity contribution in [3.05, 3.63) is 65.6 Å². The Morgan fingerprint density at radius 2 is 1.74 bits per heavy atom. The van der Waals surface area contributed by atoms with E-state index in [-0.39, 0.29) is 12.0 Å². The number of benzene rings is 1. The first-order chi connectivity index (χ1) is 16.3. The van der Waals surface area contributed by atoms with Crippen molar-refractivity contribution in [3.63, 3.8) is 0 Å². The zero-order valence-electron chi connectivity index (χ0n) is 20.9. The van der Waals surface area contributed by atoms with Crippen LogP contribution in [0.2, 0.25) is 0 Å². The van der Waals surface area contributed by atoms with Gasteiger partial charge in [0.15, 0.2) is 0 Å². The average Bonchev–Trinajstić information content (AvgIpc) is 3.18. The summed E-state index contributed by atoms with van der Waals surface area (Å²) in [5.41, 5.74) is 6.19. The van der Waals surface area contributed by atoms with Crippen LogP contribution in [0.15, 0.2) is 48.9 Å². The number of fused-ring (bicyclic) bond motifs is 1. The molecule has 1 atom stereocenters. The molecule has 0 amide bonds. The third-order valence-electron chi connectivity index (χ3n) is 6.48. The van der Waals surface area contributed by atoms with Crippen molar-refractivity contribution in [2.24, 2.45) is 5.92 Å². The van der Waals surface area contributed by atoms with E-state index in [2.05, 4.69) is 61.9 Å². The molecule has 1 N–H and O–H groups in total. The van der Waals surface area contributed by atoms with Gasteiger partial charge < -0.3 is 9.84 Å². The molecule has 3 aromatic heterocycles. The monoisotopic (exact) mass is 458 g/mol. The van der Waals surface area contributed by atoms with Crippen molar-refractivity contribution in [2.45, 2.75) is 66.6 Å². The first-order valence-corrected chi connectivity index (χ1v) is 12.1. The van der Waals surface area contributed by atoms with Crippen LogP contribution >= 0.6 is 0 Å². The highest BCUT2D eigenvalue weighted by Crippen LogP contribution is 2.37. The molecule has 0 aliphatic carbocycles. The Morgan fingerprint density at radius 3 is 2.38 bits per heavy atom. The number of aliphatic hydroxyl groups is 1. The molecule has 0 saturated heterocycles. The molecular weight excluding hydrogens is 424 g/mol. The molecule has 4 aromatic rings. The molecule has 0 radical (unpaired) electrons. The molecule has 178 valence electrons. The molecule has 34 heavy (non-hydrogen) atoms. The summed E-state index contributed by atoms with van der Waals surface area (Å²) in [7, 11) is 0. The highest BCUT2D eigenvalue weighted by Gasteiger charge is 2.24. The van der Waals surface area contributed by atoms with E-state index in [9.17, 15) is 5.11 Å². The van der Waals surface area contributed by atoms with Gasteiger partial charge in [0.05, 0.1) is 29.6 Å². The van der Waals surface area contributed by atoms with E-state index in [0.29, 0.717) is 11.8 Å². The van der Waals surface area contributed by atoms with Crippen molar-refractivity contribution < 1.29 is 9.84 Å². The summed E-state index contributed by atoms with van der Waals surface area (Å²) in [4.78, 5) is 13.7. The number of aliphatic hydroxyl groups excluding tert-OH is 1. The zero-order chi connectivity index (χ0) is 24.4. The summed E-state index contributed by atoms with van der Waals surface area (Å²) in [6.45, 7) is 12.4. The van der Waals surface area contributed by atoms with Crippen LogP contribution in [0.1, 0.15) is 63.3 Å². The molecule has 0 saturated carbocycles. The largest absolute Gasteiger partial charge is 0.461 e. The lowest BCUT2D eigenvalue weighted by Gasteiger charge is -2.19.